The summed E-state index contributed by atoms with van der Waals surface area (Å²) in [5.41, 5.74) is 3.00. The van der Waals surface area contributed by atoms with Crippen molar-refractivity contribution in [3.63, 3.8) is 0 Å². The van der Waals surface area contributed by atoms with Gasteiger partial charge in [0.15, 0.2) is 5.65 Å². The van der Waals surface area contributed by atoms with Crippen LogP contribution in [-0.2, 0) is 6.61 Å². The lowest BCUT2D eigenvalue weighted by molar-refractivity contribution is 0.141. The number of pyridine rings is 2. The highest BCUT2D eigenvalue weighted by Crippen LogP contribution is 2.33. The number of phenols is 1. The molecule has 0 saturated carbocycles. The third kappa shape index (κ3) is 4.00. The molecule has 29 heavy (non-hydrogen) atoms. The van der Waals surface area contributed by atoms with Gasteiger partial charge < -0.3 is 19.8 Å². The predicted octanol–water partition coefficient (Wildman–Crippen LogP) is 3.79. The lowest BCUT2D eigenvalue weighted by Crippen LogP contribution is -2.37. The number of aliphatic hydroxyl groups is 1. The van der Waals surface area contributed by atoms with Gasteiger partial charge in [-0.2, -0.15) is 4.98 Å². The van der Waals surface area contributed by atoms with Gasteiger partial charge in [-0.15, -0.1) is 0 Å². The molecule has 1 amide bonds. The average molecular weight is 393 g/mol. The zero-order chi connectivity index (χ0) is 20.4. The molecule has 3 aromatic rings. The minimum atomic E-state index is -0.388. The number of carbonyl (C=O) groups excluding carboxylic acids is 1. The molecular formula is C22H23N3O4. The van der Waals surface area contributed by atoms with Gasteiger partial charge in [0.2, 0.25) is 5.88 Å². The van der Waals surface area contributed by atoms with Crippen LogP contribution in [0.5, 0.6) is 11.6 Å². The first-order valence-electron chi connectivity index (χ1n) is 9.73. The second kappa shape index (κ2) is 8.05. The van der Waals surface area contributed by atoms with Gasteiger partial charge in [-0.3, -0.25) is 0 Å². The molecule has 2 aromatic heterocycles. The minimum Gasteiger partial charge on any atom is -0.507 e. The summed E-state index contributed by atoms with van der Waals surface area (Å²) in [6, 6.07) is 10.5. The van der Waals surface area contributed by atoms with Crippen LogP contribution in [0, 0.1) is 6.92 Å². The van der Waals surface area contributed by atoms with E-state index in [1.165, 1.54) is 6.07 Å². The number of ether oxygens (including phenoxy) is 1. The van der Waals surface area contributed by atoms with Crippen LogP contribution < -0.4 is 4.74 Å². The van der Waals surface area contributed by atoms with E-state index in [-0.39, 0.29) is 24.3 Å². The standard InChI is InChI=1S/C22H23N3O4/c1-14-11-15(13-26)12-18(27)20(14)17-7-5-16-6-8-19(24-21(16)23-17)29-22(28)25-9-3-2-4-10-25/h5-8,11-12,26-27H,2-4,9-10,13H2,1H3. The second-order valence-corrected chi connectivity index (χ2v) is 7.27. The predicted molar refractivity (Wildman–Crippen MR) is 109 cm³/mol. The van der Waals surface area contributed by atoms with Crippen LogP contribution >= 0.6 is 0 Å². The monoisotopic (exact) mass is 393 g/mol. The Morgan fingerprint density at radius 3 is 2.59 bits per heavy atom. The van der Waals surface area contributed by atoms with Crippen LogP contribution in [0.15, 0.2) is 36.4 Å². The van der Waals surface area contributed by atoms with Crippen molar-refractivity contribution in [2.75, 3.05) is 13.1 Å². The second-order valence-electron chi connectivity index (χ2n) is 7.27. The van der Waals surface area contributed by atoms with Crippen molar-refractivity contribution in [3.05, 3.63) is 47.5 Å². The van der Waals surface area contributed by atoms with E-state index in [0.29, 0.717) is 35.6 Å². The molecule has 0 spiro atoms. The molecule has 1 aliphatic heterocycles. The number of hydrogen-bond donors (Lipinski definition) is 2. The normalized spacial score (nSPS) is 14.2. The average Bonchev–Trinajstić information content (AvgIpc) is 2.73. The Balaban J connectivity index is 1.64. The Labute approximate surface area is 168 Å². The maximum atomic E-state index is 12.3. The number of rotatable bonds is 3. The number of aryl methyl sites for hydroxylation is 1. The van der Waals surface area contributed by atoms with E-state index >= 15 is 0 Å². The number of phenolic OH excluding ortho intramolecular Hbond substituents is 1. The molecule has 4 rings (SSSR count). The molecule has 1 aliphatic rings. The Kier molecular flexibility index (Phi) is 5.31. The molecule has 0 aliphatic carbocycles. The quantitative estimate of drug-likeness (QED) is 0.703. The van der Waals surface area contributed by atoms with Gasteiger partial charge in [-0.1, -0.05) is 6.07 Å². The lowest BCUT2D eigenvalue weighted by Gasteiger charge is -2.25. The fraction of sp³-hybridized carbons (Fsp3) is 0.318. The van der Waals surface area contributed by atoms with E-state index < -0.39 is 0 Å². The molecule has 3 heterocycles. The molecular weight excluding hydrogens is 370 g/mol. The van der Waals surface area contributed by atoms with E-state index in [1.54, 1.807) is 17.0 Å². The molecule has 0 bridgehead atoms. The van der Waals surface area contributed by atoms with E-state index in [1.807, 2.05) is 25.1 Å². The van der Waals surface area contributed by atoms with E-state index in [9.17, 15) is 15.0 Å². The first-order valence-corrected chi connectivity index (χ1v) is 9.73. The zero-order valence-electron chi connectivity index (χ0n) is 16.3. The lowest BCUT2D eigenvalue weighted by atomic mass is 10.0. The molecule has 150 valence electrons. The molecule has 1 saturated heterocycles. The van der Waals surface area contributed by atoms with Crippen molar-refractivity contribution in [1.82, 2.24) is 14.9 Å². The van der Waals surface area contributed by atoms with Crippen LogP contribution in [-0.4, -0.2) is 44.3 Å². The van der Waals surface area contributed by atoms with E-state index in [2.05, 4.69) is 9.97 Å². The summed E-state index contributed by atoms with van der Waals surface area (Å²) in [4.78, 5) is 23.0. The first kappa shape index (κ1) is 19.1. The number of aliphatic hydroxyl groups excluding tert-OH is 1. The Morgan fingerprint density at radius 1 is 1.10 bits per heavy atom. The Hall–Kier alpha value is -3.19. The number of nitrogens with zero attached hydrogens (tertiary/aromatic N) is 3. The summed E-state index contributed by atoms with van der Waals surface area (Å²) in [5, 5.41) is 20.5. The van der Waals surface area contributed by atoms with Gasteiger partial charge >= 0.3 is 6.09 Å². The Morgan fingerprint density at radius 2 is 1.86 bits per heavy atom. The number of aromatic hydroxyl groups is 1. The first-order chi connectivity index (χ1) is 14.0. The summed E-state index contributed by atoms with van der Waals surface area (Å²) in [5.74, 6) is 0.253. The number of carbonyl (C=O) groups is 1. The number of fused-ring (bicyclic) bond motifs is 1. The molecule has 7 heteroatoms. The molecule has 1 fully saturated rings. The van der Waals surface area contributed by atoms with Gasteiger partial charge in [-0.25, -0.2) is 9.78 Å². The van der Waals surface area contributed by atoms with Gasteiger partial charge in [0.25, 0.3) is 0 Å². The van der Waals surface area contributed by atoms with Crippen LogP contribution in [0.2, 0.25) is 0 Å². The SMILES string of the molecule is Cc1cc(CO)cc(O)c1-c1ccc2ccc(OC(=O)N3CCCCC3)nc2n1. The van der Waals surface area contributed by atoms with Gasteiger partial charge in [0, 0.05) is 30.1 Å². The molecule has 0 radical (unpaired) electrons. The highest BCUT2D eigenvalue weighted by atomic mass is 16.6. The number of benzene rings is 1. The topological polar surface area (TPSA) is 95.8 Å². The molecule has 2 N–H and O–H groups in total. The number of hydrogen-bond acceptors (Lipinski definition) is 6. The Bertz CT molecular complexity index is 1040. The van der Waals surface area contributed by atoms with Gasteiger partial charge in [-0.05, 0) is 61.6 Å². The maximum Gasteiger partial charge on any atom is 0.416 e. The van der Waals surface area contributed by atoms with Crippen molar-refractivity contribution >= 4 is 17.1 Å². The van der Waals surface area contributed by atoms with Crippen LogP contribution in [0.3, 0.4) is 0 Å². The fourth-order valence-electron chi connectivity index (χ4n) is 3.67. The molecule has 1 aromatic carbocycles. The molecule has 0 unspecified atom stereocenters. The highest BCUT2D eigenvalue weighted by Gasteiger charge is 2.19. The van der Waals surface area contributed by atoms with E-state index in [4.69, 9.17) is 4.74 Å². The number of likely N-dealkylation sites (tertiary alicyclic amines) is 1. The van der Waals surface area contributed by atoms with E-state index in [0.717, 1.165) is 30.2 Å². The minimum absolute atomic E-state index is 0.0496. The largest absolute Gasteiger partial charge is 0.507 e. The van der Waals surface area contributed by atoms with Gasteiger partial charge in [0.1, 0.15) is 5.75 Å². The smallest absolute Gasteiger partial charge is 0.416 e. The summed E-state index contributed by atoms with van der Waals surface area (Å²) in [7, 11) is 0. The van der Waals surface area contributed by atoms with Crippen molar-refractivity contribution in [1.29, 1.82) is 0 Å². The van der Waals surface area contributed by atoms with Crippen LogP contribution in [0.1, 0.15) is 30.4 Å². The summed E-state index contributed by atoms with van der Waals surface area (Å²) >= 11 is 0. The van der Waals surface area contributed by atoms with Gasteiger partial charge in [0.05, 0.1) is 12.3 Å². The summed E-state index contributed by atoms with van der Waals surface area (Å²) in [6.45, 7) is 3.12. The van der Waals surface area contributed by atoms with Crippen LogP contribution in [0.25, 0.3) is 22.3 Å². The third-order valence-corrected chi connectivity index (χ3v) is 5.15. The van der Waals surface area contributed by atoms with Crippen molar-refractivity contribution in [2.45, 2.75) is 32.8 Å². The highest BCUT2D eigenvalue weighted by molar-refractivity contribution is 5.81. The summed E-state index contributed by atoms with van der Waals surface area (Å²) in [6.07, 6.45) is 2.73. The maximum absolute atomic E-state index is 12.3. The zero-order valence-corrected chi connectivity index (χ0v) is 16.3. The van der Waals surface area contributed by atoms with Crippen molar-refractivity contribution < 1.29 is 19.7 Å². The number of piperidine rings is 1. The molecule has 7 nitrogen and oxygen atoms in total. The fourth-order valence-corrected chi connectivity index (χ4v) is 3.67. The molecule has 0 atom stereocenters. The number of amides is 1. The third-order valence-electron chi connectivity index (χ3n) is 5.15. The van der Waals surface area contributed by atoms with Crippen molar-refractivity contribution in [2.24, 2.45) is 0 Å². The van der Waals surface area contributed by atoms with Crippen molar-refractivity contribution in [3.8, 4) is 22.9 Å². The number of aromatic nitrogens is 2. The summed E-state index contributed by atoms with van der Waals surface area (Å²) < 4.78 is 5.44. The van der Waals surface area contributed by atoms with Crippen LogP contribution in [0.4, 0.5) is 4.79 Å².